The predicted octanol–water partition coefficient (Wildman–Crippen LogP) is 1.06. The fraction of sp³-hybridized carbons (Fsp3) is 0.278. The maximum Gasteiger partial charge on any atom is 0.280 e. The molecule has 1 aliphatic heterocycles. The van der Waals surface area contributed by atoms with E-state index in [9.17, 15) is 13.2 Å². The van der Waals surface area contributed by atoms with Gasteiger partial charge in [0.05, 0.1) is 0 Å². The molecule has 0 aliphatic carbocycles. The largest absolute Gasteiger partial charge is 0.354 e. The summed E-state index contributed by atoms with van der Waals surface area (Å²) in [5.74, 6) is -0.277. The van der Waals surface area contributed by atoms with Crippen LogP contribution in [0.3, 0.4) is 0 Å². The van der Waals surface area contributed by atoms with Gasteiger partial charge in [-0.3, -0.25) is 4.79 Å². The second-order valence-corrected chi connectivity index (χ2v) is 7.63. The number of hydrogen-bond donors (Lipinski definition) is 2. The van der Waals surface area contributed by atoms with Crippen LogP contribution in [0.1, 0.15) is 11.1 Å². The van der Waals surface area contributed by atoms with Crippen LogP contribution < -0.4 is 10.0 Å². The lowest BCUT2D eigenvalue weighted by molar-refractivity contribution is -0.124. The fourth-order valence-corrected chi connectivity index (χ4v) is 4.17. The summed E-state index contributed by atoms with van der Waals surface area (Å²) in [6, 6.07) is 18.4. The van der Waals surface area contributed by atoms with Gasteiger partial charge < -0.3 is 5.32 Å². The lowest BCUT2D eigenvalue weighted by atomic mass is 10.1. The second kappa shape index (κ2) is 7.77. The molecule has 2 N–H and O–H groups in total. The molecule has 6 nitrogen and oxygen atoms in total. The van der Waals surface area contributed by atoms with Crippen LogP contribution >= 0.6 is 0 Å². The highest BCUT2D eigenvalue weighted by atomic mass is 32.2. The molecule has 1 unspecified atom stereocenters. The standard InChI is InChI=1S/C18H21N3O3S/c22-18(19-12-11-15-7-3-1-4-8-15)17-13-20-25(23,24)21(17)14-16-9-5-2-6-10-16/h1-10,17,20H,11-14H2,(H,19,22). The van der Waals surface area contributed by atoms with Gasteiger partial charge in [0.15, 0.2) is 0 Å². The maximum absolute atomic E-state index is 12.5. The van der Waals surface area contributed by atoms with Crippen molar-refractivity contribution in [1.29, 1.82) is 0 Å². The van der Waals surface area contributed by atoms with E-state index in [-0.39, 0.29) is 19.0 Å². The first-order valence-corrected chi connectivity index (χ1v) is 9.62. The summed E-state index contributed by atoms with van der Waals surface area (Å²) in [5.41, 5.74) is 1.97. The molecule has 0 saturated carbocycles. The van der Waals surface area contributed by atoms with Crippen molar-refractivity contribution in [3.05, 3.63) is 71.8 Å². The van der Waals surface area contributed by atoms with Gasteiger partial charge >= 0.3 is 0 Å². The number of nitrogens with zero attached hydrogens (tertiary/aromatic N) is 1. The Bertz CT molecular complexity index is 810. The first kappa shape index (κ1) is 17.6. The molecular formula is C18H21N3O3S. The Hall–Kier alpha value is -2.22. The van der Waals surface area contributed by atoms with Crippen molar-refractivity contribution in [2.75, 3.05) is 13.1 Å². The Morgan fingerprint density at radius 1 is 1.04 bits per heavy atom. The number of benzene rings is 2. The quantitative estimate of drug-likeness (QED) is 0.810. The van der Waals surface area contributed by atoms with Gasteiger partial charge in [-0.1, -0.05) is 60.7 Å². The van der Waals surface area contributed by atoms with E-state index in [4.69, 9.17) is 0 Å². The fourth-order valence-electron chi connectivity index (χ4n) is 2.81. The van der Waals surface area contributed by atoms with Crippen LogP contribution in [-0.2, 0) is 28.0 Å². The zero-order chi connectivity index (χ0) is 17.7. The van der Waals surface area contributed by atoms with Crippen molar-refractivity contribution in [1.82, 2.24) is 14.3 Å². The summed E-state index contributed by atoms with van der Waals surface area (Å²) < 4.78 is 28.1. The number of hydrogen-bond acceptors (Lipinski definition) is 3. The number of rotatable bonds is 6. The Labute approximate surface area is 148 Å². The van der Waals surface area contributed by atoms with Gasteiger partial charge in [0.2, 0.25) is 5.91 Å². The van der Waals surface area contributed by atoms with Crippen LogP contribution in [0.15, 0.2) is 60.7 Å². The van der Waals surface area contributed by atoms with Gasteiger partial charge in [0, 0.05) is 19.6 Å². The minimum atomic E-state index is -3.63. The Balaban J connectivity index is 1.62. The highest BCUT2D eigenvalue weighted by Crippen LogP contribution is 2.17. The highest BCUT2D eigenvalue weighted by Gasteiger charge is 2.41. The summed E-state index contributed by atoms with van der Waals surface area (Å²) in [6.45, 7) is 0.734. The summed E-state index contributed by atoms with van der Waals surface area (Å²) in [7, 11) is -3.63. The van der Waals surface area contributed by atoms with Crippen molar-refractivity contribution in [2.24, 2.45) is 0 Å². The minimum absolute atomic E-state index is 0.0896. The molecule has 1 atom stereocenters. The van der Waals surface area contributed by atoms with Gasteiger partial charge in [-0.05, 0) is 17.5 Å². The van der Waals surface area contributed by atoms with Crippen LogP contribution in [0.4, 0.5) is 0 Å². The van der Waals surface area contributed by atoms with E-state index in [1.54, 1.807) is 0 Å². The van der Waals surface area contributed by atoms with Crippen LogP contribution in [-0.4, -0.2) is 37.8 Å². The van der Waals surface area contributed by atoms with Crippen molar-refractivity contribution in [2.45, 2.75) is 19.0 Å². The summed E-state index contributed by atoms with van der Waals surface area (Å²) in [5, 5.41) is 2.84. The van der Waals surface area contributed by atoms with Crippen molar-refractivity contribution in [3.63, 3.8) is 0 Å². The smallest absolute Gasteiger partial charge is 0.280 e. The Kier molecular flexibility index (Phi) is 5.47. The van der Waals surface area contributed by atoms with Crippen molar-refractivity contribution >= 4 is 16.1 Å². The Morgan fingerprint density at radius 2 is 1.64 bits per heavy atom. The van der Waals surface area contributed by atoms with E-state index >= 15 is 0 Å². The van der Waals surface area contributed by atoms with Gasteiger partial charge in [0.25, 0.3) is 10.2 Å². The Morgan fingerprint density at radius 3 is 2.28 bits per heavy atom. The average molecular weight is 359 g/mol. The van der Waals surface area contributed by atoms with E-state index < -0.39 is 16.3 Å². The van der Waals surface area contributed by atoms with E-state index in [2.05, 4.69) is 10.0 Å². The summed E-state index contributed by atoms with van der Waals surface area (Å²) >= 11 is 0. The van der Waals surface area contributed by atoms with Crippen molar-refractivity contribution in [3.8, 4) is 0 Å². The van der Waals surface area contributed by atoms with Gasteiger partial charge in [-0.2, -0.15) is 17.4 Å². The lowest BCUT2D eigenvalue weighted by Gasteiger charge is -2.21. The molecule has 0 bridgehead atoms. The molecule has 0 radical (unpaired) electrons. The van der Waals surface area contributed by atoms with E-state index in [1.807, 2.05) is 60.7 Å². The third-order valence-electron chi connectivity index (χ3n) is 4.16. The molecule has 1 fully saturated rings. The molecule has 1 heterocycles. The van der Waals surface area contributed by atoms with Crippen LogP contribution in [0.25, 0.3) is 0 Å². The second-order valence-electron chi connectivity index (χ2n) is 5.93. The maximum atomic E-state index is 12.5. The molecule has 2 aromatic rings. The zero-order valence-electron chi connectivity index (χ0n) is 13.8. The SMILES string of the molecule is O=C(NCCc1ccccc1)C1CNS(=O)(=O)N1Cc1ccccc1. The third-order valence-corrected chi connectivity index (χ3v) is 5.69. The number of amides is 1. The number of nitrogens with one attached hydrogen (secondary N) is 2. The molecule has 2 aromatic carbocycles. The zero-order valence-corrected chi connectivity index (χ0v) is 14.6. The topological polar surface area (TPSA) is 78.5 Å². The molecular weight excluding hydrogens is 338 g/mol. The van der Waals surface area contributed by atoms with Gasteiger partial charge in [0.1, 0.15) is 6.04 Å². The molecule has 0 aromatic heterocycles. The molecule has 7 heteroatoms. The summed E-state index contributed by atoms with van der Waals surface area (Å²) in [4.78, 5) is 12.5. The molecule has 0 spiro atoms. The molecule has 1 amide bonds. The molecule has 3 rings (SSSR count). The number of carbonyl (C=O) groups is 1. The van der Waals surface area contributed by atoms with Gasteiger partial charge in [-0.25, -0.2) is 0 Å². The van der Waals surface area contributed by atoms with Crippen LogP contribution in [0.5, 0.6) is 0 Å². The summed E-state index contributed by atoms with van der Waals surface area (Å²) in [6.07, 6.45) is 0.707. The van der Waals surface area contributed by atoms with Crippen LogP contribution in [0.2, 0.25) is 0 Å². The van der Waals surface area contributed by atoms with E-state index in [0.717, 1.165) is 11.1 Å². The number of carbonyl (C=O) groups excluding carboxylic acids is 1. The average Bonchev–Trinajstić information content (AvgIpc) is 2.91. The molecule has 25 heavy (non-hydrogen) atoms. The van der Waals surface area contributed by atoms with Crippen molar-refractivity contribution < 1.29 is 13.2 Å². The van der Waals surface area contributed by atoms with Crippen LogP contribution in [0, 0.1) is 0 Å². The third kappa shape index (κ3) is 4.45. The minimum Gasteiger partial charge on any atom is -0.354 e. The lowest BCUT2D eigenvalue weighted by Crippen LogP contribution is -2.45. The van der Waals surface area contributed by atoms with Gasteiger partial charge in [-0.15, -0.1) is 0 Å². The molecule has 1 saturated heterocycles. The first-order chi connectivity index (χ1) is 12.1. The first-order valence-electron chi connectivity index (χ1n) is 8.18. The normalized spacial score (nSPS) is 19.6. The monoisotopic (exact) mass is 359 g/mol. The predicted molar refractivity (Wildman–Crippen MR) is 95.9 cm³/mol. The molecule has 132 valence electrons. The van der Waals surface area contributed by atoms with E-state index in [0.29, 0.717) is 13.0 Å². The highest BCUT2D eigenvalue weighted by molar-refractivity contribution is 7.87. The van der Waals surface area contributed by atoms with E-state index in [1.165, 1.54) is 4.31 Å². The molecule has 1 aliphatic rings.